The zero-order chi connectivity index (χ0) is 17.9. The lowest BCUT2D eigenvalue weighted by molar-refractivity contribution is -0.138. The molecule has 0 radical (unpaired) electrons. The molecule has 3 atom stereocenters. The highest BCUT2D eigenvalue weighted by molar-refractivity contribution is 5.99. The zero-order valence-electron chi connectivity index (χ0n) is 14.7. The van der Waals surface area contributed by atoms with Crippen LogP contribution in [0.3, 0.4) is 0 Å². The van der Waals surface area contributed by atoms with Crippen LogP contribution in [0.2, 0.25) is 0 Å². The number of ether oxygens (including phenoxy) is 1. The van der Waals surface area contributed by atoms with Crippen molar-refractivity contribution in [1.29, 1.82) is 0 Å². The number of allylic oxidation sites excluding steroid dienone is 4. The molecule has 2 aliphatic rings. The van der Waals surface area contributed by atoms with Gasteiger partial charge in [0.15, 0.2) is 5.78 Å². The number of hydrogen-bond acceptors (Lipinski definition) is 4. The van der Waals surface area contributed by atoms with Crippen LogP contribution < -0.4 is 0 Å². The molecule has 1 aliphatic carbocycles. The molecule has 1 fully saturated rings. The van der Waals surface area contributed by atoms with Crippen molar-refractivity contribution in [3.8, 4) is 0 Å². The number of fused-ring (bicyclic) bond motifs is 1. The van der Waals surface area contributed by atoms with Gasteiger partial charge in [-0.2, -0.15) is 0 Å². The second kappa shape index (κ2) is 7.75. The van der Waals surface area contributed by atoms with Gasteiger partial charge in [0.25, 0.3) is 0 Å². The second-order valence-corrected chi connectivity index (χ2v) is 6.77. The molecule has 0 unspecified atom stereocenters. The number of carbonyl (C=O) groups excluding carboxylic acids is 2. The number of Topliss-reactive ketones (excluding diaryl/α,β-unsaturated/α-hetero) is 1. The smallest absolute Gasteiger partial charge is 0.334 e. The molecule has 1 aliphatic heterocycles. The Morgan fingerprint density at radius 1 is 1.42 bits per heavy atom. The Morgan fingerprint density at radius 2 is 2.12 bits per heavy atom. The number of aliphatic hydroxyl groups is 1. The van der Waals surface area contributed by atoms with Gasteiger partial charge in [-0.1, -0.05) is 29.9 Å². The highest BCUT2D eigenvalue weighted by Gasteiger charge is 2.45. The fraction of sp³-hybridized carbons (Fsp3) is 0.500. The quantitative estimate of drug-likeness (QED) is 0.490. The summed E-state index contributed by atoms with van der Waals surface area (Å²) < 4.78 is 5.48. The number of esters is 1. The van der Waals surface area contributed by atoms with E-state index in [9.17, 15) is 9.59 Å². The molecule has 0 aromatic rings. The Bertz CT molecular complexity index is 636. The molecular formula is C20H26O4. The van der Waals surface area contributed by atoms with Crippen molar-refractivity contribution in [3.63, 3.8) is 0 Å². The maximum Gasteiger partial charge on any atom is 0.334 e. The maximum absolute atomic E-state index is 12.9. The molecule has 1 heterocycles. The van der Waals surface area contributed by atoms with Crippen molar-refractivity contribution in [2.24, 2.45) is 11.8 Å². The van der Waals surface area contributed by atoms with Gasteiger partial charge in [0.05, 0.1) is 6.61 Å². The largest absolute Gasteiger partial charge is 0.454 e. The fourth-order valence-electron chi connectivity index (χ4n) is 3.47. The van der Waals surface area contributed by atoms with Crippen LogP contribution in [0.15, 0.2) is 47.1 Å². The minimum absolute atomic E-state index is 0.0575. The summed E-state index contributed by atoms with van der Waals surface area (Å²) in [5, 5.41) is 9.09. The van der Waals surface area contributed by atoms with Crippen LogP contribution in [0.5, 0.6) is 0 Å². The number of rotatable bonds is 3. The van der Waals surface area contributed by atoms with Gasteiger partial charge in [-0.25, -0.2) is 4.79 Å². The van der Waals surface area contributed by atoms with Crippen LogP contribution in [0, 0.1) is 11.8 Å². The van der Waals surface area contributed by atoms with Crippen LogP contribution in [0.1, 0.15) is 40.0 Å². The van der Waals surface area contributed by atoms with Crippen LogP contribution in [0.4, 0.5) is 0 Å². The molecule has 0 saturated carbocycles. The van der Waals surface area contributed by atoms with Gasteiger partial charge in [-0.05, 0) is 51.7 Å². The van der Waals surface area contributed by atoms with Gasteiger partial charge in [0.1, 0.15) is 6.10 Å². The molecule has 0 aromatic heterocycles. The number of hydrogen-bond donors (Lipinski definition) is 1. The third-order valence-electron chi connectivity index (χ3n) is 4.84. The third kappa shape index (κ3) is 3.93. The van der Waals surface area contributed by atoms with Crippen LogP contribution in [-0.2, 0) is 14.3 Å². The van der Waals surface area contributed by atoms with Crippen LogP contribution in [0.25, 0.3) is 0 Å². The Kier molecular flexibility index (Phi) is 5.94. The first kappa shape index (κ1) is 18.4. The summed E-state index contributed by atoms with van der Waals surface area (Å²) in [4.78, 5) is 25.0. The highest BCUT2D eigenvalue weighted by atomic mass is 16.6. The highest BCUT2D eigenvalue weighted by Crippen LogP contribution is 2.39. The third-order valence-corrected chi connectivity index (χ3v) is 4.84. The van der Waals surface area contributed by atoms with Crippen molar-refractivity contribution in [2.75, 3.05) is 6.61 Å². The molecule has 24 heavy (non-hydrogen) atoms. The zero-order valence-corrected chi connectivity index (χ0v) is 14.7. The molecule has 1 saturated heterocycles. The van der Waals surface area contributed by atoms with Crippen LogP contribution >= 0.6 is 0 Å². The van der Waals surface area contributed by atoms with Crippen molar-refractivity contribution in [2.45, 2.75) is 46.1 Å². The van der Waals surface area contributed by atoms with Gasteiger partial charge in [-0.3, -0.25) is 4.79 Å². The lowest BCUT2D eigenvalue weighted by atomic mass is 9.75. The summed E-state index contributed by atoms with van der Waals surface area (Å²) in [5.41, 5.74) is 3.16. The van der Waals surface area contributed by atoms with Gasteiger partial charge < -0.3 is 9.84 Å². The van der Waals surface area contributed by atoms with E-state index in [0.29, 0.717) is 17.6 Å². The number of ketones is 1. The summed E-state index contributed by atoms with van der Waals surface area (Å²) in [5.74, 6) is -1.24. The SMILES string of the molecule is C=C1C(=O)O[C@@H]2/C=C(\C)CCC=C(C)C[C@@H](C(=O)/C(C)=C/CO)[C@@H]12. The minimum atomic E-state index is -0.438. The van der Waals surface area contributed by atoms with Crippen molar-refractivity contribution < 1.29 is 19.4 Å². The first-order valence-corrected chi connectivity index (χ1v) is 8.39. The van der Waals surface area contributed by atoms with Crippen LogP contribution in [-0.4, -0.2) is 29.6 Å². The van der Waals surface area contributed by atoms with Gasteiger partial charge in [0.2, 0.25) is 0 Å². The molecule has 4 heteroatoms. The molecule has 130 valence electrons. The molecule has 0 spiro atoms. The lowest BCUT2D eigenvalue weighted by Gasteiger charge is -2.26. The Morgan fingerprint density at radius 3 is 2.79 bits per heavy atom. The van der Waals surface area contributed by atoms with E-state index in [2.05, 4.69) is 12.7 Å². The van der Waals surface area contributed by atoms with E-state index >= 15 is 0 Å². The monoisotopic (exact) mass is 330 g/mol. The molecule has 1 N–H and O–H groups in total. The topological polar surface area (TPSA) is 63.6 Å². The maximum atomic E-state index is 12.9. The molecule has 0 amide bonds. The van der Waals surface area contributed by atoms with Gasteiger partial charge in [0, 0.05) is 17.4 Å². The summed E-state index contributed by atoms with van der Waals surface area (Å²) in [6.45, 7) is 9.45. The van der Waals surface area contributed by atoms with E-state index in [1.165, 1.54) is 6.08 Å². The van der Waals surface area contributed by atoms with E-state index in [4.69, 9.17) is 9.84 Å². The summed E-state index contributed by atoms with van der Waals surface area (Å²) in [6, 6.07) is 0. The normalized spacial score (nSPS) is 30.8. The average Bonchev–Trinajstić information content (AvgIpc) is 2.78. The number of aliphatic hydroxyl groups excluding tert-OH is 1. The van der Waals surface area contributed by atoms with E-state index < -0.39 is 18.0 Å². The molecule has 2 rings (SSSR count). The summed E-state index contributed by atoms with van der Waals surface area (Å²) in [6.07, 6.45) is 7.58. The lowest BCUT2D eigenvalue weighted by Crippen LogP contribution is -2.31. The van der Waals surface area contributed by atoms with Gasteiger partial charge >= 0.3 is 5.97 Å². The molecule has 4 nitrogen and oxygen atoms in total. The van der Waals surface area contributed by atoms with E-state index in [-0.39, 0.29) is 18.3 Å². The predicted octanol–water partition coefficient (Wildman–Crippen LogP) is 3.28. The molecule has 0 aromatic carbocycles. The van der Waals surface area contributed by atoms with Gasteiger partial charge in [-0.15, -0.1) is 0 Å². The first-order valence-electron chi connectivity index (χ1n) is 8.39. The Labute approximate surface area is 143 Å². The Balaban J connectivity index is 2.47. The molecular weight excluding hydrogens is 304 g/mol. The number of carbonyl (C=O) groups is 2. The molecule has 0 bridgehead atoms. The first-order chi connectivity index (χ1) is 11.3. The minimum Gasteiger partial charge on any atom is -0.454 e. The van der Waals surface area contributed by atoms with Crippen molar-refractivity contribution >= 4 is 11.8 Å². The average molecular weight is 330 g/mol. The van der Waals surface area contributed by atoms with E-state index in [1.807, 2.05) is 19.9 Å². The Hall–Kier alpha value is -1.94. The fourth-order valence-corrected chi connectivity index (χ4v) is 3.47. The van der Waals surface area contributed by atoms with E-state index in [1.54, 1.807) is 6.92 Å². The standard InChI is InChI=1S/C20H26O4/c1-12-6-5-7-13(2)11-17-18(15(4)20(23)24-17)16(10-12)19(22)14(3)8-9-21/h6,8,11,16-18,21H,4-5,7,9-10H2,1-3H3/b12-6?,13-11+,14-8+/t16-,17-,18-/m1/s1. The van der Waals surface area contributed by atoms with Crippen molar-refractivity contribution in [1.82, 2.24) is 0 Å². The van der Waals surface area contributed by atoms with Crippen molar-refractivity contribution in [3.05, 3.63) is 47.1 Å². The van der Waals surface area contributed by atoms with E-state index in [0.717, 1.165) is 24.0 Å². The summed E-state index contributed by atoms with van der Waals surface area (Å²) >= 11 is 0. The second-order valence-electron chi connectivity index (χ2n) is 6.77. The summed E-state index contributed by atoms with van der Waals surface area (Å²) in [7, 11) is 0. The predicted molar refractivity (Wildman–Crippen MR) is 93.2 cm³/mol.